The molecule has 0 aromatic heterocycles. The Morgan fingerprint density at radius 3 is 2.86 bits per heavy atom. The molecule has 1 N–H and O–H groups in total. The van der Waals surface area contributed by atoms with Crippen LogP contribution in [0.3, 0.4) is 0 Å². The van der Waals surface area contributed by atoms with Crippen LogP contribution in [-0.2, 0) is 6.54 Å². The first-order chi connectivity index (χ1) is 6.77. The SMILES string of the molecule is COc1ccc(CNCCBr)c(F)c1. The van der Waals surface area contributed by atoms with Gasteiger partial charge in [-0.05, 0) is 6.07 Å². The fourth-order valence-electron chi connectivity index (χ4n) is 1.09. The summed E-state index contributed by atoms with van der Waals surface area (Å²) >= 11 is 3.29. The number of rotatable bonds is 5. The zero-order valence-corrected chi connectivity index (χ0v) is 9.60. The lowest BCUT2D eigenvalue weighted by Gasteiger charge is -2.06. The van der Waals surface area contributed by atoms with Gasteiger partial charge in [-0.3, -0.25) is 0 Å². The van der Waals surface area contributed by atoms with Gasteiger partial charge in [0.2, 0.25) is 0 Å². The van der Waals surface area contributed by atoms with Gasteiger partial charge in [-0.1, -0.05) is 22.0 Å². The fraction of sp³-hybridized carbons (Fsp3) is 0.400. The predicted octanol–water partition coefficient (Wildman–Crippen LogP) is 2.32. The highest BCUT2D eigenvalue weighted by Gasteiger charge is 2.02. The van der Waals surface area contributed by atoms with Crippen molar-refractivity contribution in [2.24, 2.45) is 0 Å². The molecule has 78 valence electrons. The monoisotopic (exact) mass is 261 g/mol. The number of benzene rings is 1. The van der Waals surface area contributed by atoms with Crippen LogP contribution in [0.4, 0.5) is 4.39 Å². The first-order valence-corrected chi connectivity index (χ1v) is 5.49. The molecule has 0 aliphatic rings. The number of hydrogen-bond donors (Lipinski definition) is 1. The molecule has 1 aromatic carbocycles. The molecular weight excluding hydrogens is 249 g/mol. The number of methoxy groups -OCH3 is 1. The van der Waals surface area contributed by atoms with Crippen molar-refractivity contribution in [3.8, 4) is 5.75 Å². The first kappa shape index (κ1) is 11.5. The van der Waals surface area contributed by atoms with E-state index < -0.39 is 0 Å². The molecule has 4 heteroatoms. The maximum atomic E-state index is 13.3. The minimum atomic E-state index is -0.230. The second-order valence-electron chi connectivity index (χ2n) is 2.82. The van der Waals surface area contributed by atoms with Crippen molar-refractivity contribution in [1.82, 2.24) is 5.32 Å². The van der Waals surface area contributed by atoms with E-state index in [4.69, 9.17) is 4.74 Å². The Hall–Kier alpha value is -0.610. The topological polar surface area (TPSA) is 21.3 Å². The van der Waals surface area contributed by atoms with Crippen molar-refractivity contribution < 1.29 is 9.13 Å². The van der Waals surface area contributed by atoms with Gasteiger partial charge in [-0.2, -0.15) is 0 Å². The number of nitrogens with one attached hydrogen (secondary N) is 1. The molecule has 0 saturated heterocycles. The van der Waals surface area contributed by atoms with Gasteiger partial charge in [-0.15, -0.1) is 0 Å². The molecule has 14 heavy (non-hydrogen) atoms. The lowest BCUT2D eigenvalue weighted by Crippen LogP contribution is -2.16. The van der Waals surface area contributed by atoms with Crippen LogP contribution in [0.5, 0.6) is 5.75 Å². The smallest absolute Gasteiger partial charge is 0.131 e. The van der Waals surface area contributed by atoms with Crippen LogP contribution >= 0.6 is 15.9 Å². The van der Waals surface area contributed by atoms with E-state index in [0.29, 0.717) is 17.9 Å². The molecule has 0 aliphatic carbocycles. The van der Waals surface area contributed by atoms with Crippen molar-refractivity contribution >= 4 is 15.9 Å². The van der Waals surface area contributed by atoms with E-state index in [1.807, 2.05) is 0 Å². The van der Waals surface area contributed by atoms with Gasteiger partial charge in [0.1, 0.15) is 11.6 Å². The average Bonchev–Trinajstić information content (AvgIpc) is 2.20. The summed E-state index contributed by atoms with van der Waals surface area (Å²) in [5, 5.41) is 3.97. The lowest BCUT2D eigenvalue weighted by atomic mass is 10.2. The zero-order chi connectivity index (χ0) is 10.4. The molecule has 0 atom stereocenters. The summed E-state index contributed by atoms with van der Waals surface area (Å²) in [4.78, 5) is 0. The third kappa shape index (κ3) is 3.27. The van der Waals surface area contributed by atoms with Crippen LogP contribution < -0.4 is 10.1 Å². The summed E-state index contributed by atoms with van der Waals surface area (Å²) in [6.07, 6.45) is 0. The standard InChI is InChI=1S/C10H13BrFNO/c1-14-9-3-2-8(10(12)6-9)7-13-5-4-11/h2-3,6,13H,4-5,7H2,1H3. The molecule has 0 unspecified atom stereocenters. The number of halogens is 2. The molecule has 1 aromatic rings. The molecule has 0 bridgehead atoms. The van der Waals surface area contributed by atoms with Crippen molar-refractivity contribution in [1.29, 1.82) is 0 Å². The Morgan fingerprint density at radius 2 is 2.29 bits per heavy atom. The highest BCUT2D eigenvalue weighted by Crippen LogP contribution is 2.15. The molecule has 0 heterocycles. The van der Waals surface area contributed by atoms with E-state index >= 15 is 0 Å². The van der Waals surface area contributed by atoms with Gasteiger partial charge in [0.05, 0.1) is 7.11 Å². The average molecular weight is 262 g/mol. The zero-order valence-electron chi connectivity index (χ0n) is 8.02. The van der Waals surface area contributed by atoms with E-state index in [2.05, 4.69) is 21.2 Å². The maximum absolute atomic E-state index is 13.3. The van der Waals surface area contributed by atoms with Crippen molar-refractivity contribution in [2.75, 3.05) is 19.0 Å². The highest BCUT2D eigenvalue weighted by molar-refractivity contribution is 9.09. The number of alkyl halides is 1. The quantitative estimate of drug-likeness (QED) is 0.649. The summed E-state index contributed by atoms with van der Waals surface area (Å²) in [5.74, 6) is 0.318. The van der Waals surface area contributed by atoms with E-state index in [0.717, 1.165) is 11.9 Å². The molecule has 2 nitrogen and oxygen atoms in total. The lowest BCUT2D eigenvalue weighted by molar-refractivity contribution is 0.410. The Labute approximate surface area is 91.6 Å². The molecule has 0 amide bonds. The van der Waals surface area contributed by atoms with Crippen LogP contribution in [-0.4, -0.2) is 19.0 Å². The molecule has 1 rings (SSSR count). The van der Waals surface area contributed by atoms with Gasteiger partial charge in [-0.25, -0.2) is 4.39 Å². The van der Waals surface area contributed by atoms with E-state index in [9.17, 15) is 4.39 Å². The van der Waals surface area contributed by atoms with Gasteiger partial charge in [0, 0.05) is 30.0 Å². The van der Waals surface area contributed by atoms with E-state index in [-0.39, 0.29) is 5.82 Å². The van der Waals surface area contributed by atoms with E-state index in [1.54, 1.807) is 12.1 Å². The Balaban J connectivity index is 2.59. The molecule has 0 spiro atoms. The third-order valence-electron chi connectivity index (χ3n) is 1.85. The number of ether oxygens (including phenoxy) is 1. The van der Waals surface area contributed by atoms with Crippen molar-refractivity contribution in [2.45, 2.75) is 6.54 Å². The minimum absolute atomic E-state index is 0.230. The normalized spacial score (nSPS) is 10.2. The summed E-state index contributed by atoms with van der Waals surface area (Å²) < 4.78 is 18.2. The molecule has 0 saturated carbocycles. The summed E-state index contributed by atoms with van der Waals surface area (Å²) in [5.41, 5.74) is 0.659. The fourth-order valence-corrected chi connectivity index (χ4v) is 1.37. The predicted molar refractivity (Wildman–Crippen MR) is 58.5 cm³/mol. The summed E-state index contributed by atoms with van der Waals surface area (Å²) in [6.45, 7) is 1.37. The van der Waals surface area contributed by atoms with Crippen LogP contribution in [0.15, 0.2) is 18.2 Å². The summed E-state index contributed by atoms with van der Waals surface area (Å²) in [6, 6.07) is 4.88. The van der Waals surface area contributed by atoms with Gasteiger partial charge < -0.3 is 10.1 Å². The highest BCUT2D eigenvalue weighted by atomic mass is 79.9. The van der Waals surface area contributed by atoms with Crippen LogP contribution in [0.25, 0.3) is 0 Å². The molecule has 0 radical (unpaired) electrons. The molecule has 0 fully saturated rings. The summed E-state index contributed by atoms with van der Waals surface area (Å²) in [7, 11) is 1.53. The maximum Gasteiger partial charge on any atom is 0.131 e. The Morgan fingerprint density at radius 1 is 1.50 bits per heavy atom. The minimum Gasteiger partial charge on any atom is -0.497 e. The Kier molecular flexibility index (Phi) is 4.90. The first-order valence-electron chi connectivity index (χ1n) is 4.37. The van der Waals surface area contributed by atoms with Crippen LogP contribution in [0, 0.1) is 5.82 Å². The second-order valence-corrected chi connectivity index (χ2v) is 3.62. The van der Waals surface area contributed by atoms with Gasteiger partial charge >= 0.3 is 0 Å². The van der Waals surface area contributed by atoms with Gasteiger partial charge in [0.15, 0.2) is 0 Å². The third-order valence-corrected chi connectivity index (χ3v) is 2.24. The van der Waals surface area contributed by atoms with Crippen LogP contribution in [0.1, 0.15) is 5.56 Å². The van der Waals surface area contributed by atoms with E-state index in [1.165, 1.54) is 13.2 Å². The van der Waals surface area contributed by atoms with Crippen molar-refractivity contribution in [3.05, 3.63) is 29.6 Å². The Bertz CT molecular complexity index is 293. The second kappa shape index (κ2) is 5.98. The van der Waals surface area contributed by atoms with Crippen molar-refractivity contribution in [3.63, 3.8) is 0 Å². The largest absolute Gasteiger partial charge is 0.497 e. The van der Waals surface area contributed by atoms with Crippen LogP contribution in [0.2, 0.25) is 0 Å². The molecule has 0 aliphatic heterocycles. The van der Waals surface area contributed by atoms with Gasteiger partial charge in [0.25, 0.3) is 0 Å². The number of hydrogen-bond acceptors (Lipinski definition) is 2. The molecular formula is C10H13BrFNO.